The van der Waals surface area contributed by atoms with Gasteiger partial charge in [-0.05, 0) is 43.5 Å². The number of carbonyl (C=O) groups is 4. The predicted molar refractivity (Wildman–Crippen MR) is 94.5 cm³/mol. The van der Waals surface area contributed by atoms with Gasteiger partial charge in [0.05, 0.1) is 0 Å². The summed E-state index contributed by atoms with van der Waals surface area (Å²) >= 11 is 0. The minimum atomic E-state index is -0.548. The van der Waals surface area contributed by atoms with Crippen molar-refractivity contribution in [1.29, 1.82) is 0 Å². The van der Waals surface area contributed by atoms with Crippen molar-refractivity contribution < 1.29 is 23.9 Å². The van der Waals surface area contributed by atoms with Crippen molar-refractivity contribution in [1.82, 2.24) is 9.80 Å². The number of carbonyl (C=O) groups excluding carboxylic acids is 4. The van der Waals surface area contributed by atoms with Crippen LogP contribution >= 0.6 is 0 Å². The number of hydrogen-bond donors (Lipinski definition) is 1. The maximum Gasteiger partial charge on any atom is 0.326 e. The van der Waals surface area contributed by atoms with Crippen LogP contribution in [0.5, 0.6) is 0 Å². The lowest BCUT2D eigenvalue weighted by molar-refractivity contribution is -0.147. The second-order valence-electron chi connectivity index (χ2n) is 6.37. The first-order chi connectivity index (χ1) is 12.3. The van der Waals surface area contributed by atoms with Gasteiger partial charge in [0.2, 0.25) is 5.91 Å². The molecule has 1 aromatic carbocycles. The summed E-state index contributed by atoms with van der Waals surface area (Å²) in [5.74, 6) is -1.25. The van der Waals surface area contributed by atoms with Crippen LogP contribution in [0.25, 0.3) is 0 Å². The lowest BCUT2D eigenvalue weighted by Gasteiger charge is -2.13. The molecule has 1 fully saturated rings. The van der Waals surface area contributed by atoms with E-state index < -0.39 is 11.9 Å². The molecular formula is C18H23N3O5. The minimum absolute atomic E-state index is 0.0254. The molecule has 0 spiro atoms. The summed E-state index contributed by atoms with van der Waals surface area (Å²) in [6, 6.07) is 5.28. The molecule has 4 amide bonds. The zero-order valence-electron chi connectivity index (χ0n) is 15.2. The predicted octanol–water partition coefficient (Wildman–Crippen LogP) is 1.46. The molecule has 1 aliphatic heterocycles. The molecule has 26 heavy (non-hydrogen) atoms. The van der Waals surface area contributed by atoms with Crippen molar-refractivity contribution in [2.75, 3.05) is 32.1 Å². The number of imide groups is 1. The van der Waals surface area contributed by atoms with Gasteiger partial charge >= 0.3 is 12.0 Å². The van der Waals surface area contributed by atoms with Gasteiger partial charge in [0.15, 0.2) is 6.61 Å². The molecule has 1 aliphatic rings. The zero-order valence-corrected chi connectivity index (χ0v) is 15.2. The monoisotopic (exact) mass is 361 g/mol. The average molecular weight is 361 g/mol. The highest BCUT2D eigenvalue weighted by atomic mass is 16.5. The van der Waals surface area contributed by atoms with Crippen molar-refractivity contribution >= 4 is 29.5 Å². The summed E-state index contributed by atoms with van der Waals surface area (Å²) in [7, 11) is 1.54. The molecule has 0 radical (unpaired) electrons. The van der Waals surface area contributed by atoms with Crippen LogP contribution in [0.1, 0.15) is 24.0 Å². The molecule has 140 valence electrons. The summed E-state index contributed by atoms with van der Waals surface area (Å²) < 4.78 is 4.93. The number of likely N-dealkylation sites (N-methyl/N-ethyl adjacent to an activating group) is 1. The fourth-order valence-electron chi connectivity index (χ4n) is 2.73. The Morgan fingerprint density at radius 2 is 1.81 bits per heavy atom. The SMILES string of the molecule is Cc1cc(C)cc(NC(=O)COC(=O)CCCN2C(=O)CN(C)C2=O)c1. The number of benzene rings is 1. The molecule has 1 saturated heterocycles. The molecule has 0 unspecified atom stereocenters. The highest BCUT2D eigenvalue weighted by Crippen LogP contribution is 2.13. The van der Waals surface area contributed by atoms with E-state index in [9.17, 15) is 19.2 Å². The van der Waals surface area contributed by atoms with Crippen molar-refractivity contribution in [2.45, 2.75) is 26.7 Å². The molecule has 2 rings (SSSR count). The number of ether oxygens (including phenoxy) is 1. The second-order valence-corrected chi connectivity index (χ2v) is 6.37. The molecule has 0 saturated carbocycles. The highest BCUT2D eigenvalue weighted by Gasteiger charge is 2.32. The van der Waals surface area contributed by atoms with Gasteiger partial charge in [-0.3, -0.25) is 19.3 Å². The summed E-state index contributed by atoms with van der Waals surface area (Å²) in [5.41, 5.74) is 2.70. The fourth-order valence-corrected chi connectivity index (χ4v) is 2.73. The lowest BCUT2D eigenvalue weighted by Crippen LogP contribution is -2.32. The first kappa shape index (κ1) is 19.4. The Balaban J connectivity index is 1.69. The van der Waals surface area contributed by atoms with Gasteiger partial charge in [0.25, 0.3) is 5.91 Å². The summed E-state index contributed by atoms with van der Waals surface area (Å²) in [6.07, 6.45) is 0.320. The van der Waals surface area contributed by atoms with E-state index in [1.807, 2.05) is 32.0 Å². The van der Waals surface area contributed by atoms with E-state index in [-0.39, 0.29) is 38.1 Å². The van der Waals surface area contributed by atoms with Gasteiger partial charge < -0.3 is 15.0 Å². The molecule has 8 nitrogen and oxygen atoms in total. The third kappa shape index (κ3) is 5.30. The van der Waals surface area contributed by atoms with Crippen molar-refractivity contribution in [3.8, 4) is 0 Å². The van der Waals surface area contributed by atoms with Crippen molar-refractivity contribution in [3.63, 3.8) is 0 Å². The Kier molecular flexibility index (Phi) is 6.32. The third-order valence-corrected chi connectivity index (χ3v) is 3.86. The first-order valence-electron chi connectivity index (χ1n) is 8.35. The molecule has 0 aliphatic carbocycles. The molecule has 8 heteroatoms. The number of anilines is 1. The molecule has 1 heterocycles. The number of urea groups is 1. The van der Waals surface area contributed by atoms with Crippen LogP contribution in [-0.2, 0) is 19.1 Å². The standard InChI is InChI=1S/C18H23N3O5/c1-12-7-13(2)9-14(8-12)19-15(22)11-26-17(24)5-4-6-21-16(23)10-20(3)18(21)25/h7-9H,4-6,10-11H2,1-3H3,(H,19,22). The summed E-state index contributed by atoms with van der Waals surface area (Å²) in [6.45, 7) is 3.69. The Morgan fingerprint density at radius 3 is 2.38 bits per heavy atom. The van der Waals surface area contributed by atoms with E-state index >= 15 is 0 Å². The van der Waals surface area contributed by atoms with Gasteiger partial charge in [-0.1, -0.05) is 6.07 Å². The first-order valence-corrected chi connectivity index (χ1v) is 8.35. The van der Waals surface area contributed by atoms with Gasteiger partial charge in [0, 0.05) is 25.7 Å². The number of aryl methyl sites for hydroxylation is 2. The van der Waals surface area contributed by atoms with Gasteiger partial charge in [0.1, 0.15) is 6.54 Å². The molecule has 0 bridgehead atoms. The van der Waals surface area contributed by atoms with E-state index in [0.29, 0.717) is 12.1 Å². The van der Waals surface area contributed by atoms with Gasteiger partial charge in [-0.2, -0.15) is 0 Å². The van der Waals surface area contributed by atoms with Crippen molar-refractivity contribution in [2.24, 2.45) is 0 Å². The number of amides is 4. The number of esters is 1. The van der Waals surface area contributed by atoms with E-state index in [1.54, 1.807) is 7.05 Å². The molecule has 0 aromatic heterocycles. The van der Waals surface area contributed by atoms with E-state index in [4.69, 9.17) is 4.74 Å². The largest absolute Gasteiger partial charge is 0.456 e. The van der Waals surface area contributed by atoms with Crippen LogP contribution in [-0.4, -0.2) is 60.4 Å². The average Bonchev–Trinajstić information content (AvgIpc) is 2.78. The smallest absolute Gasteiger partial charge is 0.326 e. The molecular weight excluding hydrogens is 338 g/mol. The van der Waals surface area contributed by atoms with E-state index in [2.05, 4.69) is 5.32 Å². The van der Waals surface area contributed by atoms with Crippen molar-refractivity contribution in [3.05, 3.63) is 29.3 Å². The number of nitrogens with zero attached hydrogens (tertiary/aromatic N) is 2. The van der Waals surface area contributed by atoms with Crippen LogP contribution in [0.15, 0.2) is 18.2 Å². The second kappa shape index (κ2) is 8.46. The Hall–Kier alpha value is -2.90. The summed E-state index contributed by atoms with van der Waals surface area (Å²) in [4.78, 5) is 49.3. The quantitative estimate of drug-likeness (QED) is 0.586. The Labute approximate surface area is 152 Å². The Morgan fingerprint density at radius 1 is 1.15 bits per heavy atom. The van der Waals surface area contributed by atoms with Crippen LogP contribution in [0, 0.1) is 13.8 Å². The number of hydrogen-bond acceptors (Lipinski definition) is 5. The third-order valence-electron chi connectivity index (χ3n) is 3.86. The Bertz CT molecular complexity index is 711. The van der Waals surface area contributed by atoms with Crippen LogP contribution in [0.3, 0.4) is 0 Å². The van der Waals surface area contributed by atoms with Crippen LogP contribution in [0.2, 0.25) is 0 Å². The molecule has 1 N–H and O–H groups in total. The minimum Gasteiger partial charge on any atom is -0.456 e. The molecule has 1 aromatic rings. The van der Waals surface area contributed by atoms with E-state index in [0.717, 1.165) is 16.0 Å². The number of nitrogens with one attached hydrogen (secondary N) is 1. The topological polar surface area (TPSA) is 96.0 Å². The van der Waals surface area contributed by atoms with Gasteiger partial charge in [-0.25, -0.2) is 4.79 Å². The lowest BCUT2D eigenvalue weighted by atomic mass is 10.1. The van der Waals surface area contributed by atoms with E-state index in [1.165, 1.54) is 4.90 Å². The maximum absolute atomic E-state index is 11.9. The molecule has 0 atom stereocenters. The zero-order chi connectivity index (χ0) is 19.3. The summed E-state index contributed by atoms with van der Waals surface area (Å²) in [5, 5.41) is 2.68. The number of rotatable bonds is 7. The highest BCUT2D eigenvalue weighted by molar-refractivity contribution is 6.01. The van der Waals surface area contributed by atoms with Gasteiger partial charge in [-0.15, -0.1) is 0 Å². The van der Waals surface area contributed by atoms with Crippen LogP contribution < -0.4 is 5.32 Å². The maximum atomic E-state index is 11.9. The van der Waals surface area contributed by atoms with Crippen LogP contribution in [0.4, 0.5) is 10.5 Å². The normalized spacial score (nSPS) is 14.0. The fraction of sp³-hybridized carbons (Fsp3) is 0.444.